The van der Waals surface area contributed by atoms with Crippen LogP contribution < -0.4 is 5.32 Å². The standard InChI is InChI=1S/C10H21NO2/c1-9(8-12-2)7-11-10-3-5-13-6-4-10/h9-11H,3-8H2,1-2H3. The third-order valence-electron chi connectivity index (χ3n) is 2.43. The number of ether oxygens (including phenoxy) is 2. The summed E-state index contributed by atoms with van der Waals surface area (Å²) in [6.07, 6.45) is 2.30. The smallest absolute Gasteiger partial charge is 0.0499 e. The zero-order chi connectivity index (χ0) is 9.52. The molecular formula is C10H21NO2. The number of rotatable bonds is 5. The van der Waals surface area contributed by atoms with E-state index in [0.29, 0.717) is 12.0 Å². The van der Waals surface area contributed by atoms with Crippen molar-refractivity contribution < 1.29 is 9.47 Å². The minimum Gasteiger partial charge on any atom is -0.384 e. The third-order valence-corrected chi connectivity index (χ3v) is 2.43. The van der Waals surface area contributed by atoms with E-state index in [9.17, 15) is 0 Å². The summed E-state index contributed by atoms with van der Waals surface area (Å²) in [7, 11) is 1.75. The normalized spacial score (nSPS) is 21.7. The molecule has 0 spiro atoms. The molecule has 0 saturated carbocycles. The monoisotopic (exact) mass is 187 g/mol. The van der Waals surface area contributed by atoms with Gasteiger partial charge in [-0.2, -0.15) is 0 Å². The highest BCUT2D eigenvalue weighted by Gasteiger charge is 2.13. The van der Waals surface area contributed by atoms with Gasteiger partial charge in [-0.05, 0) is 18.8 Å². The number of methoxy groups -OCH3 is 1. The number of nitrogens with one attached hydrogen (secondary N) is 1. The molecule has 1 fully saturated rings. The van der Waals surface area contributed by atoms with Crippen LogP contribution in [0.5, 0.6) is 0 Å². The van der Waals surface area contributed by atoms with E-state index in [2.05, 4.69) is 12.2 Å². The molecule has 0 aromatic heterocycles. The SMILES string of the molecule is COCC(C)CNC1CCOCC1. The van der Waals surface area contributed by atoms with Crippen LogP contribution in [0.4, 0.5) is 0 Å². The van der Waals surface area contributed by atoms with E-state index in [1.165, 1.54) is 0 Å². The largest absolute Gasteiger partial charge is 0.384 e. The van der Waals surface area contributed by atoms with Gasteiger partial charge in [0.2, 0.25) is 0 Å². The molecular weight excluding hydrogens is 166 g/mol. The van der Waals surface area contributed by atoms with E-state index in [1.54, 1.807) is 7.11 Å². The molecule has 13 heavy (non-hydrogen) atoms. The highest BCUT2D eigenvalue weighted by molar-refractivity contribution is 4.71. The Bertz CT molecular complexity index is 124. The molecule has 0 aromatic rings. The fourth-order valence-electron chi connectivity index (χ4n) is 1.61. The summed E-state index contributed by atoms with van der Waals surface area (Å²) in [4.78, 5) is 0. The van der Waals surface area contributed by atoms with E-state index in [4.69, 9.17) is 9.47 Å². The highest BCUT2D eigenvalue weighted by Crippen LogP contribution is 2.06. The first-order valence-electron chi connectivity index (χ1n) is 5.13. The van der Waals surface area contributed by atoms with E-state index < -0.39 is 0 Å². The maximum absolute atomic E-state index is 5.29. The Balaban J connectivity index is 2.03. The molecule has 1 aliphatic rings. The van der Waals surface area contributed by atoms with Gasteiger partial charge in [-0.3, -0.25) is 0 Å². The molecule has 1 N–H and O–H groups in total. The van der Waals surface area contributed by atoms with Crippen LogP contribution in [0.2, 0.25) is 0 Å². The van der Waals surface area contributed by atoms with Gasteiger partial charge in [-0.15, -0.1) is 0 Å². The van der Waals surface area contributed by atoms with Crippen LogP contribution in [0.25, 0.3) is 0 Å². The summed E-state index contributed by atoms with van der Waals surface area (Å²) in [6.45, 7) is 5.93. The Kier molecular flexibility index (Phi) is 5.35. The fraction of sp³-hybridized carbons (Fsp3) is 1.00. The summed E-state index contributed by atoms with van der Waals surface area (Å²) in [6, 6.07) is 0.660. The van der Waals surface area contributed by atoms with Crippen molar-refractivity contribution in [3.05, 3.63) is 0 Å². The average Bonchev–Trinajstić information content (AvgIpc) is 2.17. The molecule has 1 heterocycles. The van der Waals surface area contributed by atoms with Crippen LogP contribution in [0.15, 0.2) is 0 Å². The molecule has 0 aliphatic carbocycles. The molecule has 78 valence electrons. The molecule has 3 nitrogen and oxygen atoms in total. The molecule has 1 unspecified atom stereocenters. The van der Waals surface area contributed by atoms with Crippen molar-refractivity contribution in [1.29, 1.82) is 0 Å². The zero-order valence-corrected chi connectivity index (χ0v) is 8.71. The minimum absolute atomic E-state index is 0.604. The Labute approximate surface area is 80.8 Å². The van der Waals surface area contributed by atoms with Gasteiger partial charge in [-0.1, -0.05) is 6.92 Å². The summed E-state index contributed by atoms with van der Waals surface area (Å²) in [5, 5.41) is 3.55. The summed E-state index contributed by atoms with van der Waals surface area (Å²) in [5.74, 6) is 0.604. The lowest BCUT2D eigenvalue weighted by molar-refractivity contribution is 0.0751. The minimum atomic E-state index is 0.604. The van der Waals surface area contributed by atoms with E-state index in [0.717, 1.165) is 39.2 Å². The van der Waals surface area contributed by atoms with Gasteiger partial charge in [0.25, 0.3) is 0 Å². The van der Waals surface area contributed by atoms with Crippen LogP contribution in [0, 0.1) is 5.92 Å². The number of hydrogen-bond acceptors (Lipinski definition) is 3. The lowest BCUT2D eigenvalue weighted by Gasteiger charge is -2.24. The second-order valence-electron chi connectivity index (χ2n) is 3.86. The van der Waals surface area contributed by atoms with E-state index >= 15 is 0 Å². The Hall–Kier alpha value is -0.120. The molecule has 0 aromatic carbocycles. The Morgan fingerprint density at radius 2 is 2.15 bits per heavy atom. The summed E-state index contributed by atoms with van der Waals surface area (Å²) in [5.41, 5.74) is 0. The first kappa shape index (κ1) is 11.0. The molecule has 1 atom stereocenters. The van der Waals surface area contributed by atoms with Gasteiger partial charge in [0.05, 0.1) is 0 Å². The maximum atomic E-state index is 5.29. The van der Waals surface area contributed by atoms with Crippen molar-refractivity contribution in [3.8, 4) is 0 Å². The molecule has 0 amide bonds. The quantitative estimate of drug-likeness (QED) is 0.697. The second-order valence-corrected chi connectivity index (χ2v) is 3.86. The fourth-order valence-corrected chi connectivity index (χ4v) is 1.61. The topological polar surface area (TPSA) is 30.5 Å². The summed E-state index contributed by atoms with van der Waals surface area (Å²) < 4.78 is 10.4. The van der Waals surface area contributed by atoms with Gasteiger partial charge >= 0.3 is 0 Å². The van der Waals surface area contributed by atoms with Crippen molar-refractivity contribution in [2.45, 2.75) is 25.8 Å². The molecule has 0 radical (unpaired) electrons. The lowest BCUT2D eigenvalue weighted by atomic mass is 10.1. The predicted octanol–water partition coefficient (Wildman–Crippen LogP) is 1.04. The van der Waals surface area contributed by atoms with Gasteiger partial charge in [-0.25, -0.2) is 0 Å². The van der Waals surface area contributed by atoms with Crippen LogP contribution in [0.1, 0.15) is 19.8 Å². The van der Waals surface area contributed by atoms with Crippen molar-refractivity contribution in [2.75, 3.05) is 33.5 Å². The predicted molar refractivity (Wildman–Crippen MR) is 52.9 cm³/mol. The van der Waals surface area contributed by atoms with Crippen LogP contribution in [0.3, 0.4) is 0 Å². The van der Waals surface area contributed by atoms with Gasteiger partial charge in [0, 0.05) is 39.5 Å². The van der Waals surface area contributed by atoms with Gasteiger partial charge in [0.1, 0.15) is 0 Å². The molecule has 1 aliphatic heterocycles. The van der Waals surface area contributed by atoms with Crippen LogP contribution >= 0.6 is 0 Å². The van der Waals surface area contributed by atoms with Crippen molar-refractivity contribution in [2.24, 2.45) is 5.92 Å². The average molecular weight is 187 g/mol. The molecule has 3 heteroatoms. The van der Waals surface area contributed by atoms with E-state index in [1.807, 2.05) is 0 Å². The van der Waals surface area contributed by atoms with Crippen molar-refractivity contribution in [3.63, 3.8) is 0 Å². The van der Waals surface area contributed by atoms with Crippen molar-refractivity contribution >= 4 is 0 Å². The second kappa shape index (κ2) is 6.35. The molecule has 0 bridgehead atoms. The van der Waals surface area contributed by atoms with Crippen LogP contribution in [-0.4, -0.2) is 39.5 Å². The highest BCUT2D eigenvalue weighted by atomic mass is 16.5. The first-order valence-corrected chi connectivity index (χ1v) is 5.13. The van der Waals surface area contributed by atoms with Crippen LogP contribution in [-0.2, 0) is 9.47 Å². The van der Waals surface area contributed by atoms with Crippen molar-refractivity contribution in [1.82, 2.24) is 5.32 Å². The third kappa shape index (κ3) is 4.60. The maximum Gasteiger partial charge on any atom is 0.0499 e. The Morgan fingerprint density at radius 1 is 1.46 bits per heavy atom. The zero-order valence-electron chi connectivity index (χ0n) is 8.71. The summed E-state index contributed by atoms with van der Waals surface area (Å²) >= 11 is 0. The molecule has 1 saturated heterocycles. The lowest BCUT2D eigenvalue weighted by Crippen LogP contribution is -2.37. The first-order chi connectivity index (χ1) is 6.33. The van der Waals surface area contributed by atoms with Gasteiger partial charge < -0.3 is 14.8 Å². The van der Waals surface area contributed by atoms with Gasteiger partial charge in [0.15, 0.2) is 0 Å². The van der Waals surface area contributed by atoms with E-state index in [-0.39, 0.29) is 0 Å². The Morgan fingerprint density at radius 3 is 2.77 bits per heavy atom. The molecule has 1 rings (SSSR count). The number of hydrogen-bond donors (Lipinski definition) is 1.